The van der Waals surface area contributed by atoms with Gasteiger partial charge in [0.2, 0.25) is 0 Å². The molecule has 4 heteroatoms. The van der Waals surface area contributed by atoms with E-state index in [0.29, 0.717) is 10.0 Å². The van der Waals surface area contributed by atoms with Crippen molar-refractivity contribution in [1.29, 1.82) is 0 Å². The normalized spacial score (nSPS) is 10.4. The molecule has 1 rings (SSSR count). The van der Waals surface area contributed by atoms with Crippen LogP contribution >= 0.6 is 31.9 Å². The van der Waals surface area contributed by atoms with E-state index in [1.54, 1.807) is 6.92 Å². The average Bonchev–Trinajstić information content (AvgIpc) is 2.01. The van der Waals surface area contributed by atoms with Gasteiger partial charge in [0.1, 0.15) is 11.6 Å². The highest BCUT2D eigenvalue weighted by Gasteiger charge is 2.12. The molecule has 0 bridgehead atoms. The third-order valence-corrected chi connectivity index (χ3v) is 3.01. The predicted molar refractivity (Wildman–Crippen MR) is 51.4 cm³/mol. The van der Waals surface area contributed by atoms with E-state index in [0.717, 1.165) is 0 Å². The topological polar surface area (TPSA) is 0 Å². The molecular formula is C8H6Br2F2. The van der Waals surface area contributed by atoms with Gasteiger partial charge in [0, 0.05) is 15.4 Å². The van der Waals surface area contributed by atoms with Crippen LogP contribution in [0, 0.1) is 18.6 Å². The standard InChI is InChI=1S/C8H6Br2F2/c1-4-6(10)2-7(11)5(3-9)8(4)12/h2H,3H2,1H3. The van der Waals surface area contributed by atoms with Crippen molar-refractivity contribution in [2.75, 3.05) is 0 Å². The molecule has 0 nitrogen and oxygen atoms in total. The molecule has 66 valence electrons. The van der Waals surface area contributed by atoms with Gasteiger partial charge in [-0.2, -0.15) is 0 Å². The monoisotopic (exact) mass is 298 g/mol. The summed E-state index contributed by atoms with van der Waals surface area (Å²) in [4.78, 5) is 0. The van der Waals surface area contributed by atoms with Gasteiger partial charge < -0.3 is 0 Å². The fourth-order valence-electron chi connectivity index (χ4n) is 0.865. The van der Waals surface area contributed by atoms with Crippen LogP contribution in [-0.4, -0.2) is 0 Å². The van der Waals surface area contributed by atoms with Crippen LogP contribution in [0.3, 0.4) is 0 Å². The summed E-state index contributed by atoms with van der Waals surface area (Å²) in [5.74, 6) is -1.01. The Bertz CT molecular complexity index is 310. The fourth-order valence-corrected chi connectivity index (χ4v) is 1.75. The van der Waals surface area contributed by atoms with Crippen molar-refractivity contribution in [1.82, 2.24) is 0 Å². The lowest BCUT2D eigenvalue weighted by Crippen LogP contribution is -1.96. The number of hydrogen-bond donors (Lipinski definition) is 0. The summed E-state index contributed by atoms with van der Waals surface area (Å²) in [6, 6.07) is 1.27. The molecule has 0 fully saturated rings. The Kier molecular flexibility index (Phi) is 3.23. The summed E-state index contributed by atoms with van der Waals surface area (Å²) in [6.45, 7) is 1.60. The van der Waals surface area contributed by atoms with Crippen LogP contribution in [-0.2, 0) is 5.33 Å². The Morgan fingerprint density at radius 3 is 2.50 bits per heavy atom. The van der Waals surface area contributed by atoms with E-state index in [1.165, 1.54) is 6.07 Å². The molecule has 0 N–H and O–H groups in total. The summed E-state index contributed by atoms with van der Waals surface area (Å²) in [7, 11) is 0. The van der Waals surface area contributed by atoms with Gasteiger partial charge in [-0.3, -0.25) is 0 Å². The van der Waals surface area contributed by atoms with Gasteiger partial charge in [-0.15, -0.1) is 0 Å². The summed E-state index contributed by atoms with van der Waals surface area (Å²) >= 11 is 6.09. The number of halogens is 4. The molecule has 0 radical (unpaired) electrons. The Morgan fingerprint density at radius 1 is 1.42 bits per heavy atom. The molecule has 0 atom stereocenters. The van der Waals surface area contributed by atoms with Crippen molar-refractivity contribution in [2.24, 2.45) is 0 Å². The first kappa shape index (κ1) is 10.1. The smallest absolute Gasteiger partial charge is 0.134 e. The van der Waals surface area contributed by atoms with Crippen molar-refractivity contribution in [3.63, 3.8) is 0 Å². The quantitative estimate of drug-likeness (QED) is 0.689. The largest absolute Gasteiger partial charge is 0.207 e. The molecule has 0 aromatic heterocycles. The molecule has 0 spiro atoms. The minimum Gasteiger partial charge on any atom is -0.207 e. The second-order valence-corrected chi connectivity index (χ2v) is 3.81. The molecule has 12 heavy (non-hydrogen) atoms. The minimum absolute atomic E-state index is 0.0794. The molecule has 0 heterocycles. The first-order chi connectivity index (χ1) is 5.57. The van der Waals surface area contributed by atoms with E-state index in [-0.39, 0.29) is 10.9 Å². The van der Waals surface area contributed by atoms with Crippen LogP contribution in [0.4, 0.5) is 8.78 Å². The van der Waals surface area contributed by atoms with Gasteiger partial charge in [-0.05, 0) is 18.6 Å². The second kappa shape index (κ2) is 3.83. The summed E-state index contributed by atoms with van der Waals surface area (Å²) in [5.41, 5.74) is 0.515. The first-order valence-electron chi connectivity index (χ1n) is 3.27. The van der Waals surface area contributed by atoms with E-state index in [2.05, 4.69) is 31.9 Å². The van der Waals surface area contributed by atoms with Gasteiger partial charge in [0.25, 0.3) is 0 Å². The molecule has 1 aromatic rings. The van der Waals surface area contributed by atoms with Gasteiger partial charge >= 0.3 is 0 Å². The van der Waals surface area contributed by atoms with Gasteiger partial charge in [0.15, 0.2) is 0 Å². The molecule has 0 aliphatic heterocycles. The van der Waals surface area contributed by atoms with E-state index >= 15 is 0 Å². The van der Waals surface area contributed by atoms with Crippen molar-refractivity contribution in [3.05, 3.63) is 33.3 Å². The zero-order valence-electron chi connectivity index (χ0n) is 6.30. The van der Waals surface area contributed by atoms with E-state index < -0.39 is 11.6 Å². The summed E-state index contributed by atoms with van der Waals surface area (Å²) in [5, 5.41) is 0.193. The maximum Gasteiger partial charge on any atom is 0.134 e. The van der Waals surface area contributed by atoms with Crippen LogP contribution in [0.1, 0.15) is 11.1 Å². The molecule has 0 saturated carbocycles. The number of alkyl halides is 1. The predicted octanol–water partition coefficient (Wildman–Crippen LogP) is 3.93. The maximum absolute atomic E-state index is 13.2. The van der Waals surface area contributed by atoms with Crippen molar-refractivity contribution < 1.29 is 8.78 Å². The number of rotatable bonds is 1. The van der Waals surface area contributed by atoms with Crippen LogP contribution in [0.5, 0.6) is 0 Å². The van der Waals surface area contributed by atoms with Crippen LogP contribution in [0.15, 0.2) is 10.5 Å². The van der Waals surface area contributed by atoms with Gasteiger partial charge in [0.05, 0.1) is 0 Å². The van der Waals surface area contributed by atoms with Crippen molar-refractivity contribution >= 4 is 31.9 Å². The summed E-state index contributed by atoms with van der Waals surface area (Å²) < 4.78 is 26.7. The number of hydrogen-bond acceptors (Lipinski definition) is 0. The lowest BCUT2D eigenvalue weighted by atomic mass is 10.1. The average molecular weight is 300 g/mol. The van der Waals surface area contributed by atoms with Crippen LogP contribution in [0.2, 0.25) is 0 Å². The Labute approximate surface area is 86.2 Å². The van der Waals surface area contributed by atoms with E-state index in [1.807, 2.05) is 0 Å². The van der Waals surface area contributed by atoms with Gasteiger partial charge in [-0.1, -0.05) is 31.9 Å². The van der Waals surface area contributed by atoms with Gasteiger partial charge in [-0.25, -0.2) is 8.78 Å². The van der Waals surface area contributed by atoms with Crippen molar-refractivity contribution in [2.45, 2.75) is 12.3 Å². The zero-order chi connectivity index (χ0) is 9.30. The molecule has 0 aliphatic rings. The zero-order valence-corrected chi connectivity index (χ0v) is 9.47. The Balaban J connectivity index is 3.40. The molecule has 0 aliphatic carbocycles. The highest BCUT2D eigenvalue weighted by molar-refractivity contribution is 9.10. The fraction of sp³-hybridized carbons (Fsp3) is 0.250. The third kappa shape index (κ3) is 1.69. The summed E-state index contributed by atoms with van der Waals surface area (Å²) in [6.07, 6.45) is 0. The Hall–Kier alpha value is 0.0400. The van der Waals surface area contributed by atoms with Crippen LogP contribution < -0.4 is 0 Å². The van der Waals surface area contributed by atoms with E-state index in [9.17, 15) is 8.78 Å². The maximum atomic E-state index is 13.2. The molecule has 0 unspecified atom stereocenters. The SMILES string of the molecule is Cc1c(Br)cc(F)c(CBr)c1F. The minimum atomic E-state index is -0.526. The lowest BCUT2D eigenvalue weighted by molar-refractivity contribution is 0.559. The number of benzene rings is 1. The Morgan fingerprint density at radius 2 is 2.00 bits per heavy atom. The van der Waals surface area contributed by atoms with Crippen molar-refractivity contribution in [3.8, 4) is 0 Å². The van der Waals surface area contributed by atoms with E-state index in [4.69, 9.17) is 0 Å². The van der Waals surface area contributed by atoms with Crippen LogP contribution in [0.25, 0.3) is 0 Å². The lowest BCUT2D eigenvalue weighted by Gasteiger charge is -2.05. The highest BCUT2D eigenvalue weighted by Crippen LogP contribution is 2.25. The molecule has 0 amide bonds. The third-order valence-electron chi connectivity index (χ3n) is 1.63. The molecule has 0 saturated heterocycles. The second-order valence-electron chi connectivity index (χ2n) is 2.39. The molecular weight excluding hydrogens is 294 g/mol. The first-order valence-corrected chi connectivity index (χ1v) is 5.18. The molecule has 1 aromatic carbocycles. The highest BCUT2D eigenvalue weighted by atomic mass is 79.9.